The third-order valence-electron chi connectivity index (χ3n) is 5.92. The van der Waals surface area contributed by atoms with Crippen LogP contribution in [-0.4, -0.2) is 19.2 Å². The fourth-order valence-corrected chi connectivity index (χ4v) is 4.44. The van der Waals surface area contributed by atoms with E-state index in [9.17, 15) is 4.79 Å². The third kappa shape index (κ3) is 2.72. The fraction of sp³-hybridized carbons (Fsp3) is 0.550. The van der Waals surface area contributed by atoms with Crippen molar-refractivity contribution >= 4 is 5.97 Å². The van der Waals surface area contributed by atoms with Gasteiger partial charge in [-0.1, -0.05) is 55.8 Å². The van der Waals surface area contributed by atoms with Crippen molar-refractivity contribution in [1.29, 1.82) is 0 Å². The van der Waals surface area contributed by atoms with Gasteiger partial charge >= 0.3 is 5.97 Å². The molecule has 23 heavy (non-hydrogen) atoms. The first-order chi connectivity index (χ1) is 11.0. The van der Waals surface area contributed by atoms with Crippen molar-refractivity contribution in [2.24, 2.45) is 23.2 Å². The number of carbonyl (C=O) groups excluding carboxylic acids is 1. The van der Waals surface area contributed by atoms with Gasteiger partial charge in [-0.3, -0.25) is 4.79 Å². The molecule has 5 atom stereocenters. The summed E-state index contributed by atoms with van der Waals surface area (Å²) >= 11 is 0. The predicted molar refractivity (Wildman–Crippen MR) is 89.8 cm³/mol. The zero-order valence-electron chi connectivity index (χ0n) is 14.4. The largest absolute Gasteiger partial charge is 0.465 e. The average Bonchev–Trinajstić information content (AvgIpc) is 2.52. The van der Waals surface area contributed by atoms with Crippen molar-refractivity contribution in [2.75, 3.05) is 13.2 Å². The first-order valence-corrected chi connectivity index (χ1v) is 8.44. The lowest BCUT2D eigenvalue weighted by atomic mass is 9.56. The summed E-state index contributed by atoms with van der Waals surface area (Å²) in [6.45, 7) is 9.25. The highest BCUT2D eigenvalue weighted by Crippen LogP contribution is 2.56. The number of benzene rings is 1. The van der Waals surface area contributed by atoms with Gasteiger partial charge in [0.15, 0.2) is 0 Å². The van der Waals surface area contributed by atoms with Gasteiger partial charge < -0.3 is 9.47 Å². The first kappa shape index (κ1) is 16.3. The van der Waals surface area contributed by atoms with E-state index in [2.05, 4.69) is 51.1 Å². The summed E-state index contributed by atoms with van der Waals surface area (Å²) in [7, 11) is 0. The maximum Gasteiger partial charge on any atom is 0.302 e. The Balaban J connectivity index is 1.95. The summed E-state index contributed by atoms with van der Waals surface area (Å²) < 4.78 is 11.8. The van der Waals surface area contributed by atoms with Gasteiger partial charge in [-0.15, -0.1) is 0 Å². The molecule has 0 spiro atoms. The Hall–Kier alpha value is -1.61. The number of ether oxygens (including phenoxy) is 2. The Morgan fingerprint density at radius 1 is 1.30 bits per heavy atom. The molecular weight excluding hydrogens is 288 g/mol. The molecule has 1 aliphatic carbocycles. The summed E-state index contributed by atoms with van der Waals surface area (Å²) in [4.78, 5) is 11.3. The van der Waals surface area contributed by atoms with Gasteiger partial charge in [-0.05, 0) is 24.3 Å². The van der Waals surface area contributed by atoms with Crippen LogP contribution in [0.1, 0.15) is 39.4 Å². The number of carbonyl (C=O) groups is 1. The molecular formula is C20H26O3. The molecule has 0 unspecified atom stereocenters. The second-order valence-corrected chi connectivity index (χ2v) is 7.17. The maximum atomic E-state index is 11.3. The van der Waals surface area contributed by atoms with Crippen LogP contribution in [0.5, 0.6) is 0 Å². The summed E-state index contributed by atoms with van der Waals surface area (Å²) in [6, 6.07) is 10.4. The van der Waals surface area contributed by atoms with E-state index in [1.54, 1.807) is 0 Å². The minimum atomic E-state index is -0.216. The summed E-state index contributed by atoms with van der Waals surface area (Å²) in [5.74, 6) is 0.857. The molecule has 0 saturated carbocycles. The molecule has 1 fully saturated rings. The van der Waals surface area contributed by atoms with E-state index in [-0.39, 0.29) is 17.5 Å². The van der Waals surface area contributed by atoms with Crippen molar-refractivity contribution in [3.8, 4) is 0 Å². The summed E-state index contributed by atoms with van der Waals surface area (Å²) in [5.41, 5.74) is 2.49. The number of hydrogen-bond donors (Lipinski definition) is 0. The maximum absolute atomic E-state index is 11.3. The zero-order chi connectivity index (χ0) is 16.6. The quantitative estimate of drug-likeness (QED) is 0.621. The third-order valence-corrected chi connectivity index (χ3v) is 5.92. The van der Waals surface area contributed by atoms with Gasteiger partial charge in [0, 0.05) is 18.3 Å². The van der Waals surface area contributed by atoms with Crippen LogP contribution in [0.3, 0.4) is 0 Å². The van der Waals surface area contributed by atoms with E-state index in [1.165, 1.54) is 18.1 Å². The molecule has 3 heteroatoms. The molecule has 3 rings (SSSR count). The van der Waals surface area contributed by atoms with Gasteiger partial charge in [0.25, 0.3) is 0 Å². The van der Waals surface area contributed by atoms with Crippen LogP contribution in [-0.2, 0) is 14.3 Å². The van der Waals surface area contributed by atoms with E-state index < -0.39 is 0 Å². The smallest absolute Gasteiger partial charge is 0.302 e. The van der Waals surface area contributed by atoms with E-state index in [0.717, 1.165) is 0 Å². The van der Waals surface area contributed by atoms with Crippen LogP contribution in [0, 0.1) is 23.2 Å². The average molecular weight is 314 g/mol. The fourth-order valence-electron chi connectivity index (χ4n) is 4.44. The van der Waals surface area contributed by atoms with Crippen LogP contribution >= 0.6 is 0 Å². The molecule has 1 aliphatic heterocycles. The van der Waals surface area contributed by atoms with Crippen LogP contribution in [0.2, 0.25) is 0 Å². The van der Waals surface area contributed by atoms with Crippen LogP contribution in [0.25, 0.3) is 0 Å². The van der Waals surface area contributed by atoms with Crippen LogP contribution < -0.4 is 0 Å². The molecule has 0 radical (unpaired) electrons. The molecule has 0 aromatic heterocycles. The van der Waals surface area contributed by atoms with Crippen molar-refractivity contribution in [3.63, 3.8) is 0 Å². The molecule has 1 aromatic rings. The number of hydrogen-bond acceptors (Lipinski definition) is 3. The number of rotatable bonds is 3. The van der Waals surface area contributed by atoms with Crippen molar-refractivity contribution < 1.29 is 14.3 Å². The monoisotopic (exact) mass is 314 g/mol. The van der Waals surface area contributed by atoms with E-state index in [1.807, 2.05) is 6.07 Å². The van der Waals surface area contributed by atoms with Gasteiger partial charge in [0.05, 0.1) is 19.3 Å². The Kier molecular flexibility index (Phi) is 4.33. The molecule has 124 valence electrons. The lowest BCUT2D eigenvalue weighted by Gasteiger charge is -2.55. The number of esters is 1. The van der Waals surface area contributed by atoms with E-state index in [0.29, 0.717) is 31.0 Å². The lowest BCUT2D eigenvalue weighted by Crippen LogP contribution is -2.54. The summed E-state index contributed by atoms with van der Waals surface area (Å²) in [6.07, 6.45) is 2.44. The minimum absolute atomic E-state index is 0.0837. The van der Waals surface area contributed by atoms with Gasteiger partial charge in [0.2, 0.25) is 0 Å². The van der Waals surface area contributed by atoms with Crippen LogP contribution in [0.15, 0.2) is 42.0 Å². The van der Waals surface area contributed by atoms with Gasteiger partial charge in [-0.2, -0.15) is 0 Å². The first-order valence-electron chi connectivity index (χ1n) is 8.44. The normalized spacial score (nSPS) is 36.3. The topological polar surface area (TPSA) is 35.5 Å². The Morgan fingerprint density at radius 2 is 2.00 bits per heavy atom. The Morgan fingerprint density at radius 3 is 2.65 bits per heavy atom. The van der Waals surface area contributed by atoms with Gasteiger partial charge in [0.1, 0.15) is 0 Å². The molecule has 1 heterocycles. The molecule has 3 nitrogen and oxygen atoms in total. The molecule has 0 N–H and O–H groups in total. The SMILES string of the molecule is CC(=O)OC[C@@]12CO[C@H](c3ccccc3)[C@H](C(C)=C[C@@H]1C)[C@H]2C. The molecule has 0 amide bonds. The highest BCUT2D eigenvalue weighted by molar-refractivity contribution is 5.66. The zero-order valence-corrected chi connectivity index (χ0v) is 14.4. The molecule has 1 saturated heterocycles. The molecule has 2 bridgehead atoms. The number of fused-ring (bicyclic) bond motifs is 2. The second kappa shape index (κ2) is 6.12. The number of allylic oxidation sites excluding steroid dienone is 1. The Bertz CT molecular complexity index is 607. The second-order valence-electron chi connectivity index (χ2n) is 7.17. The van der Waals surface area contributed by atoms with Gasteiger partial charge in [-0.25, -0.2) is 0 Å². The highest BCUT2D eigenvalue weighted by Gasteiger charge is 2.54. The van der Waals surface area contributed by atoms with Crippen molar-refractivity contribution in [3.05, 3.63) is 47.5 Å². The Labute approximate surface area is 138 Å². The van der Waals surface area contributed by atoms with E-state index >= 15 is 0 Å². The standard InChI is InChI=1S/C20H26O3/c1-13-10-14(2)20(11-22-16(4)21)12-23-19(18(13)15(20)3)17-8-6-5-7-9-17/h5-10,14-15,18-19H,11-12H2,1-4H3/t14-,15+,18+,19+,20+/m0/s1. The van der Waals surface area contributed by atoms with Crippen molar-refractivity contribution in [2.45, 2.75) is 33.8 Å². The van der Waals surface area contributed by atoms with E-state index in [4.69, 9.17) is 9.47 Å². The van der Waals surface area contributed by atoms with Crippen LogP contribution in [0.4, 0.5) is 0 Å². The lowest BCUT2D eigenvalue weighted by molar-refractivity contribution is -0.180. The molecule has 2 aliphatic rings. The highest BCUT2D eigenvalue weighted by atomic mass is 16.5. The summed E-state index contributed by atoms with van der Waals surface area (Å²) in [5, 5.41) is 0. The molecule has 1 aromatic carbocycles. The predicted octanol–water partition coefficient (Wildman–Crippen LogP) is 4.16. The minimum Gasteiger partial charge on any atom is -0.465 e. The van der Waals surface area contributed by atoms with Crippen molar-refractivity contribution in [1.82, 2.24) is 0 Å².